The van der Waals surface area contributed by atoms with Crippen LogP contribution in [0.2, 0.25) is 0 Å². The fourth-order valence-corrected chi connectivity index (χ4v) is 3.54. The van der Waals surface area contributed by atoms with Gasteiger partial charge in [-0.2, -0.15) is 5.10 Å². The van der Waals surface area contributed by atoms with Gasteiger partial charge in [0.2, 0.25) is 0 Å². The van der Waals surface area contributed by atoms with E-state index in [2.05, 4.69) is 14.9 Å². The summed E-state index contributed by atoms with van der Waals surface area (Å²) in [6, 6.07) is 0. The Morgan fingerprint density at radius 1 is 1.02 bits per heavy atom. The first-order valence-corrected chi connectivity index (χ1v) is 13.0. The number of hydrogen-bond acceptors (Lipinski definition) is 13. The molecule has 0 aliphatic carbocycles. The van der Waals surface area contributed by atoms with Gasteiger partial charge < -0.3 is 18.6 Å². The van der Waals surface area contributed by atoms with Crippen molar-refractivity contribution >= 4 is 50.4 Å². The number of H-pyrrole nitrogens is 1. The second-order valence-corrected chi connectivity index (χ2v) is 9.37. The molecule has 0 saturated carbocycles. The zero-order chi connectivity index (χ0) is 27.7. The van der Waals surface area contributed by atoms with Crippen LogP contribution in [0.1, 0.15) is 40.0 Å². The van der Waals surface area contributed by atoms with Gasteiger partial charge in [0.25, 0.3) is 17.9 Å². The van der Waals surface area contributed by atoms with Crippen molar-refractivity contribution in [1.29, 1.82) is 0 Å². The van der Waals surface area contributed by atoms with Crippen LogP contribution in [0.5, 0.6) is 0 Å². The van der Waals surface area contributed by atoms with Crippen molar-refractivity contribution in [1.82, 2.24) is 14.8 Å². The van der Waals surface area contributed by atoms with E-state index in [0.29, 0.717) is 22.8 Å². The number of esters is 1. The number of rotatable bonds is 10. The predicted octanol–water partition coefficient (Wildman–Crippen LogP) is -6.35. The molecule has 16 nitrogen and oxygen atoms in total. The molecule has 0 saturated heterocycles. The molecule has 40 heavy (non-hydrogen) atoms. The Morgan fingerprint density at radius 3 is 2.00 bits per heavy atom. The van der Waals surface area contributed by atoms with E-state index in [9.17, 15) is 45.1 Å². The summed E-state index contributed by atoms with van der Waals surface area (Å²) in [5.74, 6) is -4.52. The molecular formula is C20H30K2N4O12S2. The molecule has 1 aliphatic rings. The summed E-state index contributed by atoms with van der Waals surface area (Å²) < 4.78 is 74.9. The first kappa shape index (κ1) is 46.6. The number of hydrazone groups is 1. The summed E-state index contributed by atoms with van der Waals surface area (Å²) in [5, 5.41) is 6.24. The molecule has 20 heteroatoms. The van der Waals surface area contributed by atoms with Crippen LogP contribution < -0.4 is 108 Å². The van der Waals surface area contributed by atoms with Crippen LogP contribution >= 0.6 is 0 Å². The van der Waals surface area contributed by atoms with Gasteiger partial charge in [-0.25, -0.2) is 31.3 Å². The molecule has 1 aliphatic heterocycles. The number of carbonyl (C=O) groups is 3. The Morgan fingerprint density at radius 2 is 1.57 bits per heavy atom. The number of carbonyl (C=O) groups excluding carboxylic acids is 3. The smallest absolute Gasteiger partial charge is 0.747 e. The molecular weight excluding hydrogens is 631 g/mol. The van der Waals surface area contributed by atoms with Crippen LogP contribution in [0.3, 0.4) is 0 Å². The van der Waals surface area contributed by atoms with Crippen molar-refractivity contribution in [3.05, 3.63) is 39.3 Å². The second kappa shape index (κ2) is 21.4. The Labute approximate surface area is 317 Å². The van der Waals surface area contributed by atoms with Gasteiger partial charge in [0.05, 0.1) is 24.4 Å². The molecule has 0 fully saturated rings. The van der Waals surface area contributed by atoms with Gasteiger partial charge in [-0.1, -0.05) is 20.9 Å². The number of amides is 1. The fourth-order valence-electron chi connectivity index (χ4n) is 2.57. The zero-order valence-electron chi connectivity index (χ0n) is 21.2. The van der Waals surface area contributed by atoms with Crippen LogP contribution in [-0.2, 0) is 50.0 Å². The largest absolute Gasteiger partial charge is 1.00 e. The first-order chi connectivity index (χ1) is 16.6. The van der Waals surface area contributed by atoms with Crippen LogP contribution in [0.4, 0.5) is 0 Å². The molecule has 2 heterocycles. The van der Waals surface area contributed by atoms with Gasteiger partial charge in [0, 0.05) is 5.69 Å². The summed E-state index contributed by atoms with van der Waals surface area (Å²) in [5.41, 5.74) is -1.60. The molecule has 0 aromatic carbocycles. The Hall–Kier alpha value is -0.337. The Bertz CT molecular complexity index is 1360. The molecule has 216 valence electrons. The van der Waals surface area contributed by atoms with Crippen LogP contribution in [-0.4, -0.2) is 83.9 Å². The third kappa shape index (κ3) is 15.8. The summed E-state index contributed by atoms with van der Waals surface area (Å²) in [7, 11) is -9.62. The molecule has 0 radical (unpaired) electrons. The average molecular weight is 661 g/mol. The van der Waals surface area contributed by atoms with Gasteiger partial charge in [-0.15, -0.1) is 0 Å². The monoisotopic (exact) mass is 660 g/mol. The van der Waals surface area contributed by atoms with Crippen molar-refractivity contribution in [2.75, 3.05) is 19.1 Å². The van der Waals surface area contributed by atoms with Gasteiger partial charge >= 0.3 is 109 Å². The van der Waals surface area contributed by atoms with E-state index in [4.69, 9.17) is 4.74 Å². The minimum absolute atomic E-state index is 0. The van der Waals surface area contributed by atoms with Gasteiger partial charge in [-0.05, 0) is 32.9 Å². The Balaban J connectivity index is -0.000000661. The number of ether oxygens (including phenoxy) is 2. The minimum atomic E-state index is -4.88. The van der Waals surface area contributed by atoms with Crippen molar-refractivity contribution in [2.24, 2.45) is 5.10 Å². The maximum atomic E-state index is 12.4. The molecule has 1 aromatic heterocycles. The van der Waals surface area contributed by atoms with E-state index in [1.807, 2.05) is 0 Å². The number of aromatic amines is 1. The number of nitrogens with zero attached hydrogens (tertiary/aromatic N) is 3. The zero-order valence-corrected chi connectivity index (χ0v) is 29.1. The van der Waals surface area contributed by atoms with E-state index >= 15 is 0 Å². The molecule has 1 aromatic rings. The first-order valence-electron chi connectivity index (χ1n) is 9.83. The van der Waals surface area contributed by atoms with E-state index in [0.717, 1.165) is 18.2 Å². The van der Waals surface area contributed by atoms with Crippen LogP contribution in [0.15, 0.2) is 27.6 Å². The predicted molar refractivity (Wildman–Crippen MR) is 133 cm³/mol. The second-order valence-electron chi connectivity index (χ2n) is 6.62. The van der Waals surface area contributed by atoms with E-state index in [1.165, 1.54) is 13.8 Å². The molecule has 0 spiro atoms. The fraction of sp³-hybridized carbons (Fsp3) is 0.450. The number of aryl methyl sites for hydroxylation is 1. The topological polar surface area (TPSA) is 237 Å². The van der Waals surface area contributed by atoms with Crippen molar-refractivity contribution < 1.29 is 153 Å². The summed E-state index contributed by atoms with van der Waals surface area (Å²) >= 11 is 0. The van der Waals surface area contributed by atoms with Gasteiger partial charge in [-0.3, -0.25) is 19.5 Å². The van der Waals surface area contributed by atoms with E-state index in [-0.39, 0.29) is 135 Å². The molecule has 1 N–H and O–H groups in total. The molecule has 0 unspecified atom stereocenters. The summed E-state index contributed by atoms with van der Waals surface area (Å²) in [6.07, 6.45) is 3.35. The van der Waals surface area contributed by atoms with Gasteiger partial charge in [0.1, 0.15) is 32.0 Å². The van der Waals surface area contributed by atoms with Gasteiger partial charge in [0.15, 0.2) is 5.71 Å². The quantitative estimate of drug-likeness (QED) is 0.0811. The Kier molecular flexibility index (Phi) is 24.9. The maximum absolute atomic E-state index is 12.4. The summed E-state index contributed by atoms with van der Waals surface area (Å²) in [4.78, 5) is 45.8. The van der Waals surface area contributed by atoms with Crippen LogP contribution in [0.25, 0.3) is 6.08 Å². The van der Waals surface area contributed by atoms with Crippen molar-refractivity contribution in [2.45, 2.75) is 41.5 Å². The minimum Gasteiger partial charge on any atom is -0.747 e. The van der Waals surface area contributed by atoms with Crippen molar-refractivity contribution in [3.8, 4) is 0 Å². The normalized spacial score (nSPS) is 13.5. The van der Waals surface area contributed by atoms with E-state index < -0.39 is 60.7 Å². The SMILES string of the molecule is C.C.CCOC(=O)C1=NN(CS(=O)(=O)[O-])C(=O)C1=CC=Cc1c(C)[nH]n(CS(=O)(=O)[O-])c1=O.CCOC=O.[K+].[K+]. The molecule has 2 rings (SSSR count). The molecule has 0 atom stereocenters. The molecule has 1 amide bonds. The number of nitrogens with one attached hydrogen (secondary N) is 1. The average Bonchev–Trinajstić information content (AvgIpc) is 3.18. The van der Waals surface area contributed by atoms with Crippen molar-refractivity contribution in [3.63, 3.8) is 0 Å². The maximum Gasteiger partial charge on any atom is 1.00 e. The van der Waals surface area contributed by atoms with E-state index in [1.54, 1.807) is 6.92 Å². The standard InChI is InChI=1S/C15H18N4O10S2.C3H6O2.2CH4.2K/c1-3-29-15(22)12-11(14(21)19(17-12)8-31(26,27)28)6-4-5-10-9(2)16-18(13(10)20)7-30(23,24)25;1-2-5-3-4;;;;/h4-6,16H,3,7-8H2,1-2H3,(H,23,24,25)(H,26,27,28);3H,2H2,1H3;2*1H4;;/q;;;;2*+1/p-2. The summed E-state index contributed by atoms with van der Waals surface area (Å²) in [6.45, 7) is 5.51. The number of aromatic nitrogens is 2. The number of hydrogen-bond donors (Lipinski definition) is 1. The molecule has 0 bridgehead atoms. The van der Waals surface area contributed by atoms with Crippen LogP contribution in [0, 0.1) is 6.92 Å². The third-order valence-electron chi connectivity index (χ3n) is 3.92. The third-order valence-corrected chi connectivity index (χ3v) is 5.06. The number of allylic oxidation sites excluding steroid dienone is 2.